The Balaban J connectivity index is 1.81. The van der Waals surface area contributed by atoms with E-state index in [2.05, 4.69) is 67.1 Å². The number of aromatic nitrogens is 3. The Morgan fingerprint density at radius 3 is 2.50 bits per heavy atom. The predicted molar refractivity (Wildman–Crippen MR) is 101 cm³/mol. The number of nitrogens with zero attached hydrogens (tertiary/aromatic N) is 3. The van der Waals surface area contributed by atoms with Crippen molar-refractivity contribution in [3.63, 3.8) is 0 Å². The first kappa shape index (κ1) is 17.2. The first-order valence-corrected chi connectivity index (χ1v) is 9.40. The zero-order chi connectivity index (χ0) is 16.8. The van der Waals surface area contributed by atoms with Crippen LogP contribution in [0.3, 0.4) is 0 Å². The van der Waals surface area contributed by atoms with Crippen molar-refractivity contribution in [2.75, 3.05) is 13.7 Å². The van der Waals surface area contributed by atoms with Crippen molar-refractivity contribution in [3.05, 3.63) is 64.6 Å². The molecule has 0 saturated heterocycles. The second-order valence-electron chi connectivity index (χ2n) is 5.23. The van der Waals surface area contributed by atoms with E-state index in [1.165, 1.54) is 5.56 Å². The highest BCUT2D eigenvalue weighted by atomic mass is 79.9. The van der Waals surface area contributed by atoms with E-state index < -0.39 is 0 Å². The van der Waals surface area contributed by atoms with Crippen LogP contribution >= 0.6 is 27.7 Å². The van der Waals surface area contributed by atoms with Gasteiger partial charge in [-0.15, -0.1) is 10.2 Å². The topological polar surface area (TPSA) is 39.9 Å². The van der Waals surface area contributed by atoms with Gasteiger partial charge in [0.1, 0.15) is 0 Å². The minimum absolute atomic E-state index is 0.629. The van der Waals surface area contributed by atoms with Gasteiger partial charge >= 0.3 is 0 Å². The second-order valence-corrected chi connectivity index (χ2v) is 7.09. The fourth-order valence-electron chi connectivity index (χ4n) is 2.31. The van der Waals surface area contributed by atoms with Gasteiger partial charge in [-0.3, -0.25) is 4.57 Å². The number of methoxy groups -OCH3 is 1. The zero-order valence-electron chi connectivity index (χ0n) is 13.4. The Kier molecular flexibility index (Phi) is 6.07. The van der Waals surface area contributed by atoms with Crippen molar-refractivity contribution < 1.29 is 4.74 Å². The number of rotatable bonds is 7. The summed E-state index contributed by atoms with van der Waals surface area (Å²) < 4.78 is 8.46. The molecule has 0 fully saturated rings. The maximum Gasteiger partial charge on any atom is 0.191 e. The van der Waals surface area contributed by atoms with Crippen LogP contribution in [0.15, 0.2) is 64.2 Å². The van der Waals surface area contributed by atoms with Gasteiger partial charge in [-0.25, -0.2) is 0 Å². The largest absolute Gasteiger partial charge is 0.383 e. The van der Waals surface area contributed by atoms with Crippen LogP contribution in [0.25, 0.3) is 11.4 Å². The van der Waals surface area contributed by atoms with Gasteiger partial charge in [0.25, 0.3) is 0 Å². The lowest BCUT2D eigenvalue weighted by atomic mass is 10.2. The molecule has 4 nitrogen and oxygen atoms in total. The van der Waals surface area contributed by atoms with Gasteiger partial charge in [-0.1, -0.05) is 70.2 Å². The summed E-state index contributed by atoms with van der Waals surface area (Å²) in [7, 11) is 1.71. The molecule has 124 valence electrons. The van der Waals surface area contributed by atoms with Crippen LogP contribution in [0.2, 0.25) is 0 Å². The Hall–Kier alpha value is -1.63. The summed E-state index contributed by atoms with van der Waals surface area (Å²) in [5, 5.41) is 9.69. The van der Waals surface area contributed by atoms with Crippen molar-refractivity contribution in [3.8, 4) is 11.4 Å². The molecule has 24 heavy (non-hydrogen) atoms. The summed E-state index contributed by atoms with van der Waals surface area (Å²) in [6.45, 7) is 1.36. The lowest BCUT2D eigenvalue weighted by Gasteiger charge is -2.09. The molecule has 0 aliphatic rings. The first-order chi connectivity index (χ1) is 11.8. The van der Waals surface area contributed by atoms with E-state index in [-0.39, 0.29) is 0 Å². The van der Waals surface area contributed by atoms with Gasteiger partial charge < -0.3 is 4.74 Å². The number of thioether (sulfide) groups is 1. The molecule has 2 aromatic carbocycles. The normalized spacial score (nSPS) is 10.9. The minimum atomic E-state index is 0.629. The Morgan fingerprint density at radius 1 is 1.04 bits per heavy atom. The number of hydrogen-bond acceptors (Lipinski definition) is 4. The smallest absolute Gasteiger partial charge is 0.191 e. The number of halogens is 1. The maximum atomic E-state index is 5.25. The second kappa shape index (κ2) is 8.46. The van der Waals surface area contributed by atoms with Crippen molar-refractivity contribution in [1.82, 2.24) is 14.8 Å². The number of hydrogen-bond donors (Lipinski definition) is 0. The monoisotopic (exact) mass is 403 g/mol. The zero-order valence-corrected chi connectivity index (χ0v) is 15.8. The molecule has 0 atom stereocenters. The summed E-state index contributed by atoms with van der Waals surface area (Å²) >= 11 is 5.15. The summed E-state index contributed by atoms with van der Waals surface area (Å²) in [6, 6.07) is 18.5. The van der Waals surface area contributed by atoms with E-state index >= 15 is 0 Å². The molecule has 1 aromatic heterocycles. The molecule has 6 heteroatoms. The Bertz CT molecular complexity index is 775. The summed E-state index contributed by atoms with van der Waals surface area (Å²) in [4.78, 5) is 0. The average molecular weight is 404 g/mol. The molecule has 0 saturated carbocycles. The quantitative estimate of drug-likeness (QED) is 0.538. The van der Waals surface area contributed by atoms with E-state index in [9.17, 15) is 0 Å². The van der Waals surface area contributed by atoms with Crippen LogP contribution in [0, 0.1) is 0 Å². The van der Waals surface area contributed by atoms with Crippen molar-refractivity contribution in [2.24, 2.45) is 0 Å². The van der Waals surface area contributed by atoms with Crippen molar-refractivity contribution in [1.29, 1.82) is 0 Å². The Labute approximate surface area is 154 Å². The van der Waals surface area contributed by atoms with Gasteiger partial charge in [0.05, 0.1) is 13.2 Å². The predicted octanol–water partition coefficient (Wildman–Crippen LogP) is 4.65. The van der Waals surface area contributed by atoms with Crippen molar-refractivity contribution >= 4 is 27.7 Å². The Morgan fingerprint density at radius 2 is 1.79 bits per heavy atom. The SMILES string of the molecule is COCCn1c(SCc2ccc(Br)cc2)nnc1-c1ccccc1. The molecule has 0 aliphatic heterocycles. The van der Waals surface area contributed by atoms with E-state index in [1.54, 1.807) is 18.9 Å². The lowest BCUT2D eigenvalue weighted by Crippen LogP contribution is -2.07. The molecule has 0 unspecified atom stereocenters. The number of benzene rings is 2. The van der Waals surface area contributed by atoms with E-state index in [0.29, 0.717) is 6.61 Å². The highest BCUT2D eigenvalue weighted by Gasteiger charge is 2.14. The molecule has 3 rings (SSSR count). The van der Waals surface area contributed by atoms with Crippen LogP contribution in [-0.2, 0) is 17.0 Å². The molecule has 0 amide bonds. The molecule has 0 spiro atoms. The highest BCUT2D eigenvalue weighted by molar-refractivity contribution is 9.10. The van der Waals surface area contributed by atoms with Gasteiger partial charge in [0, 0.05) is 22.9 Å². The van der Waals surface area contributed by atoms with Crippen LogP contribution < -0.4 is 0 Å². The lowest BCUT2D eigenvalue weighted by molar-refractivity contribution is 0.185. The summed E-state index contributed by atoms with van der Waals surface area (Å²) in [5.41, 5.74) is 2.32. The fourth-order valence-corrected chi connectivity index (χ4v) is 3.49. The highest BCUT2D eigenvalue weighted by Crippen LogP contribution is 2.26. The first-order valence-electron chi connectivity index (χ1n) is 7.62. The standard InChI is InChI=1S/C18H18BrN3OS/c1-23-12-11-22-17(15-5-3-2-4-6-15)20-21-18(22)24-13-14-7-9-16(19)10-8-14/h2-10H,11-13H2,1H3. The molecule has 0 aliphatic carbocycles. The van der Waals surface area contributed by atoms with Crippen molar-refractivity contribution in [2.45, 2.75) is 17.5 Å². The number of ether oxygens (including phenoxy) is 1. The third kappa shape index (κ3) is 4.26. The van der Waals surface area contributed by atoms with E-state index in [0.717, 1.165) is 33.3 Å². The van der Waals surface area contributed by atoms with E-state index in [4.69, 9.17) is 4.74 Å². The molecular formula is C18H18BrN3OS. The van der Waals surface area contributed by atoms with Gasteiger partial charge in [0.2, 0.25) is 0 Å². The molecular weight excluding hydrogens is 386 g/mol. The molecule has 0 radical (unpaired) electrons. The average Bonchev–Trinajstić information content (AvgIpc) is 3.03. The van der Waals surface area contributed by atoms with Gasteiger partial charge in [0.15, 0.2) is 11.0 Å². The van der Waals surface area contributed by atoms with Crippen LogP contribution in [-0.4, -0.2) is 28.5 Å². The molecule has 0 N–H and O–H groups in total. The van der Waals surface area contributed by atoms with Gasteiger partial charge in [-0.05, 0) is 17.7 Å². The summed E-state index contributed by atoms with van der Waals surface area (Å²) in [5.74, 6) is 1.73. The molecule has 0 bridgehead atoms. The molecule has 3 aromatic rings. The molecule has 1 heterocycles. The maximum absolute atomic E-state index is 5.25. The third-order valence-electron chi connectivity index (χ3n) is 3.55. The van der Waals surface area contributed by atoms with Crippen LogP contribution in [0.5, 0.6) is 0 Å². The van der Waals surface area contributed by atoms with Crippen LogP contribution in [0.4, 0.5) is 0 Å². The summed E-state index contributed by atoms with van der Waals surface area (Å²) in [6.07, 6.45) is 0. The minimum Gasteiger partial charge on any atom is -0.383 e. The third-order valence-corrected chi connectivity index (χ3v) is 5.12. The van der Waals surface area contributed by atoms with Crippen LogP contribution in [0.1, 0.15) is 5.56 Å². The fraction of sp³-hybridized carbons (Fsp3) is 0.222. The van der Waals surface area contributed by atoms with E-state index in [1.807, 2.05) is 18.2 Å². The van der Waals surface area contributed by atoms with Gasteiger partial charge in [-0.2, -0.15) is 0 Å².